The van der Waals surface area contributed by atoms with Crippen LogP contribution in [-0.4, -0.2) is 156 Å². The molecule has 4 fully saturated rings. The minimum Gasteiger partial charge on any atom is -0.477 e. The number of aliphatic carboxylic acids is 1. The number of nitrogens with one attached hydrogen (secondary N) is 3. The fourth-order valence-electron chi connectivity index (χ4n) is 10.7. The molecule has 1 saturated heterocycles. The second kappa shape index (κ2) is 23.5. The summed E-state index contributed by atoms with van der Waals surface area (Å²) in [5.74, 6) is -6.00. The van der Waals surface area contributed by atoms with Gasteiger partial charge in [-0.05, 0) is 103 Å². The molecule has 0 aromatic heterocycles. The quantitative estimate of drug-likeness (QED) is 0.0203. The number of nitrogens with zero attached hydrogens (tertiary/aromatic N) is 1. The van der Waals surface area contributed by atoms with Gasteiger partial charge in [0.2, 0.25) is 12.1 Å². The number of hydrogen-bond donors (Lipinski definition) is 11. The molecule has 6 rings (SSSR count). The third kappa shape index (κ3) is 12.3. The van der Waals surface area contributed by atoms with Gasteiger partial charge in [-0.15, -0.1) is 0 Å². The van der Waals surface area contributed by atoms with Crippen LogP contribution in [0.5, 0.6) is 0 Å². The molecule has 3 aliphatic heterocycles. The van der Waals surface area contributed by atoms with Crippen LogP contribution in [0.2, 0.25) is 0 Å². The van der Waals surface area contributed by atoms with Crippen molar-refractivity contribution in [2.24, 2.45) is 33.9 Å². The van der Waals surface area contributed by atoms with E-state index >= 15 is 0 Å². The minimum atomic E-state index is -2.92. The van der Waals surface area contributed by atoms with Crippen molar-refractivity contribution in [1.82, 2.24) is 10.6 Å². The number of esters is 1. The van der Waals surface area contributed by atoms with Crippen molar-refractivity contribution in [3.05, 3.63) is 58.7 Å². The van der Waals surface area contributed by atoms with E-state index in [1.807, 2.05) is 13.1 Å². The van der Waals surface area contributed by atoms with Gasteiger partial charge >= 0.3 is 11.9 Å². The van der Waals surface area contributed by atoms with Crippen molar-refractivity contribution in [2.75, 3.05) is 53.0 Å². The van der Waals surface area contributed by atoms with Crippen LogP contribution in [-0.2, 0) is 33.3 Å². The summed E-state index contributed by atoms with van der Waals surface area (Å²) in [5, 5.41) is 79.5. The highest BCUT2D eigenvalue weighted by atomic mass is 16.8. The van der Waals surface area contributed by atoms with E-state index in [0.717, 1.165) is 82.7 Å². The monoisotopic (exact) mass is 933 g/mol. The molecule has 0 aromatic carbocycles. The summed E-state index contributed by atoms with van der Waals surface area (Å²) in [6, 6.07) is 0. The van der Waals surface area contributed by atoms with E-state index < -0.39 is 73.2 Å². The van der Waals surface area contributed by atoms with E-state index in [-0.39, 0.29) is 67.2 Å². The van der Waals surface area contributed by atoms with Crippen molar-refractivity contribution < 1.29 is 73.9 Å². The Bertz CT molecular complexity index is 1860. The maximum Gasteiger partial charge on any atom is 0.343 e. The number of nitrogens with two attached hydrogens (primary N) is 1. The molecule has 1 spiro atoms. The molecular weight excluding hydrogens is 859 g/mol. The van der Waals surface area contributed by atoms with Crippen LogP contribution in [0.4, 0.5) is 0 Å². The van der Waals surface area contributed by atoms with E-state index in [1.165, 1.54) is 12.5 Å². The van der Waals surface area contributed by atoms with E-state index in [0.29, 0.717) is 22.8 Å². The van der Waals surface area contributed by atoms with E-state index in [4.69, 9.17) is 29.4 Å². The van der Waals surface area contributed by atoms with Gasteiger partial charge < -0.3 is 80.7 Å². The third-order valence-corrected chi connectivity index (χ3v) is 14.0. The molecule has 0 aromatic rings. The first kappa shape index (κ1) is 51.7. The zero-order valence-corrected chi connectivity index (χ0v) is 38.6. The molecule has 19 heteroatoms. The highest BCUT2D eigenvalue weighted by molar-refractivity contribution is 5.94. The largest absolute Gasteiger partial charge is 0.477 e. The second-order valence-corrected chi connectivity index (χ2v) is 18.9. The maximum atomic E-state index is 14.7. The lowest BCUT2D eigenvalue weighted by atomic mass is 9.76. The van der Waals surface area contributed by atoms with Gasteiger partial charge in [0.15, 0.2) is 18.4 Å². The standard InChI is InChI=1S/C47H73N5O14/c1-28(2)63-40-44(65-37(26-55)39(56)47(40,60)61)66-43-34(21-29-9-5-4-6-10-29)33(36(27-62-43)42(59)64-32-14-16-46(22-32)15-7-11-31(46)23-49-3)13-12-30-24-52(18-20-54)25-35(41(57)58)38(30)51-45(48)50-17-8-19-53/h12-13,21,25,27-28,31-34,37,39-40,43-44,49,53-56,60-61H,4-11,14-20,22-24,26H2,1-3H3,(H,57,58)(H3,48,50,51)/p+1/b13-12+/t31-,32-,33+,34-,37-,39-,40+,43+,44+,46-/m1/s1. The molecule has 12 N–H and O–H groups in total. The number of carboxylic acids is 1. The summed E-state index contributed by atoms with van der Waals surface area (Å²) in [6.45, 7) is 3.71. The van der Waals surface area contributed by atoms with Crippen LogP contribution < -0.4 is 21.3 Å². The van der Waals surface area contributed by atoms with Gasteiger partial charge in [0.25, 0.3) is 0 Å². The molecule has 3 aliphatic carbocycles. The highest BCUT2D eigenvalue weighted by Crippen LogP contribution is 2.55. The maximum absolute atomic E-state index is 14.7. The number of carboxylic acid groups (broad SMARTS) is 1. The van der Waals surface area contributed by atoms with Gasteiger partial charge in [0.05, 0.1) is 42.8 Å². The van der Waals surface area contributed by atoms with Crippen molar-refractivity contribution >= 4 is 17.9 Å². The lowest BCUT2D eigenvalue weighted by Crippen LogP contribution is -3.09. The number of aliphatic hydroxyl groups is 6. The van der Waals surface area contributed by atoms with Crippen LogP contribution >= 0.6 is 0 Å². The molecule has 0 radical (unpaired) electrons. The van der Waals surface area contributed by atoms with Crippen LogP contribution in [0.25, 0.3) is 0 Å². The number of ether oxygens (including phenoxy) is 5. The Morgan fingerprint density at radius 2 is 1.85 bits per heavy atom. The molecule has 0 bridgehead atoms. The van der Waals surface area contributed by atoms with E-state index in [1.54, 1.807) is 26.0 Å². The molecule has 3 saturated carbocycles. The molecule has 1 unspecified atom stereocenters. The van der Waals surface area contributed by atoms with Crippen molar-refractivity contribution in [3.63, 3.8) is 0 Å². The summed E-state index contributed by atoms with van der Waals surface area (Å²) in [7, 11) is 1.96. The van der Waals surface area contributed by atoms with Gasteiger partial charge in [-0.3, -0.25) is 4.99 Å². The van der Waals surface area contributed by atoms with Crippen LogP contribution in [0.1, 0.15) is 90.9 Å². The SMILES string of the molecule is CNC[C@H]1CCC[C@]12CC[C@@H](OC(=O)C1=CO[C@@H](O[C@@H]3O[C@H](CO)[C@@H](O)C(O)(O)[C@H]3OC(C)C)[C@H](C=C3CCCCC3)[C@@H]1/C=C/C1=C(NC(N)=NCCCO)C(C(=O)O)=C[NH+](CCO)C1)C2. The highest BCUT2D eigenvalue weighted by Gasteiger charge is 2.58. The first-order valence-corrected chi connectivity index (χ1v) is 23.7. The molecule has 6 aliphatic rings. The molecule has 66 heavy (non-hydrogen) atoms. The Labute approximate surface area is 387 Å². The average Bonchev–Trinajstić information content (AvgIpc) is 3.88. The predicted molar refractivity (Wildman–Crippen MR) is 240 cm³/mol. The average molecular weight is 933 g/mol. The van der Waals surface area contributed by atoms with Crippen LogP contribution in [0, 0.1) is 23.2 Å². The van der Waals surface area contributed by atoms with Gasteiger partial charge in [-0.2, -0.15) is 0 Å². The Balaban J connectivity index is 1.44. The normalized spacial score (nSPS) is 33.8. The van der Waals surface area contributed by atoms with Gasteiger partial charge in [0.1, 0.15) is 43.2 Å². The smallest absolute Gasteiger partial charge is 0.343 e. The second-order valence-electron chi connectivity index (χ2n) is 18.9. The predicted octanol–water partition coefficient (Wildman–Crippen LogP) is -0.0234. The number of quaternary nitrogens is 1. The summed E-state index contributed by atoms with van der Waals surface area (Å²) in [4.78, 5) is 32.4. The lowest BCUT2D eigenvalue weighted by molar-refractivity contribution is -0.843. The zero-order chi connectivity index (χ0) is 47.6. The first-order valence-electron chi connectivity index (χ1n) is 23.7. The fraction of sp³-hybridized carbons (Fsp3) is 0.723. The minimum absolute atomic E-state index is 0.0694. The number of guanidine groups is 1. The van der Waals surface area contributed by atoms with Gasteiger partial charge in [0, 0.05) is 24.6 Å². The first-order chi connectivity index (χ1) is 31.6. The Morgan fingerprint density at radius 1 is 1.08 bits per heavy atom. The summed E-state index contributed by atoms with van der Waals surface area (Å²) < 4.78 is 31.1. The van der Waals surface area contributed by atoms with E-state index in [2.05, 4.69) is 15.6 Å². The summed E-state index contributed by atoms with van der Waals surface area (Å²) >= 11 is 0. The van der Waals surface area contributed by atoms with Crippen LogP contribution in [0.15, 0.2) is 63.7 Å². The number of aliphatic hydroxyl groups excluding tert-OH is 4. The molecular formula is C47H74N5O14+. The molecule has 370 valence electrons. The van der Waals surface area contributed by atoms with Crippen molar-refractivity contribution in [1.29, 1.82) is 0 Å². The lowest BCUT2D eigenvalue weighted by Gasteiger charge is -2.48. The van der Waals surface area contributed by atoms with E-state index in [9.17, 15) is 45.3 Å². The van der Waals surface area contributed by atoms with Crippen molar-refractivity contribution in [2.45, 2.75) is 140 Å². The molecule has 19 nitrogen and oxygen atoms in total. The Kier molecular flexibility index (Phi) is 18.4. The van der Waals surface area contributed by atoms with Gasteiger partial charge in [-0.25, -0.2) is 9.59 Å². The topological polar surface area (TPSA) is 289 Å². The number of allylic oxidation sites excluding steroid dienone is 2. The molecule has 11 atom stereocenters. The Hall–Kier alpha value is -3.73. The van der Waals surface area contributed by atoms with Gasteiger partial charge in [-0.1, -0.05) is 36.6 Å². The number of hydrogen-bond acceptors (Lipinski definition) is 15. The summed E-state index contributed by atoms with van der Waals surface area (Å²) in [5.41, 5.74) is 8.12. The van der Waals surface area contributed by atoms with Crippen molar-refractivity contribution in [3.8, 4) is 0 Å². The number of carbonyl (C=O) groups is 2. The third-order valence-electron chi connectivity index (χ3n) is 14.0. The van der Waals surface area contributed by atoms with Crippen LogP contribution in [0.3, 0.4) is 0 Å². The molecule has 3 heterocycles. The fourth-order valence-corrected chi connectivity index (χ4v) is 10.7. The Morgan fingerprint density at radius 3 is 2.53 bits per heavy atom. The number of rotatable bonds is 19. The zero-order valence-electron chi connectivity index (χ0n) is 38.6. The molecule has 0 amide bonds. The number of carbonyl (C=O) groups excluding carboxylic acids is 1. The number of aliphatic imine (C=N–C) groups is 1. The summed E-state index contributed by atoms with van der Waals surface area (Å²) in [6.07, 6.45) is 9.95.